The van der Waals surface area contributed by atoms with Crippen molar-refractivity contribution in [3.05, 3.63) is 70.8 Å². The number of hydrogen-bond donors (Lipinski definition) is 2. The van der Waals surface area contributed by atoms with Crippen LogP contribution in [0.2, 0.25) is 0 Å². The van der Waals surface area contributed by atoms with Crippen LogP contribution >= 0.6 is 12.2 Å². The Balaban J connectivity index is 1.88. The zero-order valence-electron chi connectivity index (χ0n) is 17.8. The standard InChI is InChI=1S/C24H34N2S/c1-17(19-10-14-21(15-11-19)24(5,6)7)26-22(27)25-16-18-8-12-20(13-9-18)23(2,3)4/h8-15,17H,16H2,1-7H3,(H2,25,26,27)/t17-/m1/s1. The van der Waals surface area contributed by atoms with Crippen molar-refractivity contribution >= 4 is 17.3 Å². The summed E-state index contributed by atoms with van der Waals surface area (Å²) in [6.07, 6.45) is 0. The van der Waals surface area contributed by atoms with Gasteiger partial charge in [0.1, 0.15) is 0 Å². The molecule has 2 aromatic carbocycles. The zero-order chi connectivity index (χ0) is 20.2. The topological polar surface area (TPSA) is 24.1 Å². The van der Waals surface area contributed by atoms with Gasteiger partial charge in [0.25, 0.3) is 0 Å². The number of benzene rings is 2. The van der Waals surface area contributed by atoms with Gasteiger partial charge >= 0.3 is 0 Å². The molecular formula is C24H34N2S. The maximum Gasteiger partial charge on any atom is 0.167 e. The first-order valence-corrected chi connectivity index (χ1v) is 10.1. The summed E-state index contributed by atoms with van der Waals surface area (Å²) in [6.45, 7) is 16.3. The number of hydrogen-bond acceptors (Lipinski definition) is 1. The van der Waals surface area contributed by atoms with E-state index in [0.717, 1.165) is 6.54 Å². The number of rotatable bonds is 4. The molecule has 27 heavy (non-hydrogen) atoms. The van der Waals surface area contributed by atoms with Crippen molar-refractivity contribution in [3.8, 4) is 0 Å². The van der Waals surface area contributed by atoms with Gasteiger partial charge in [0.05, 0.1) is 6.04 Å². The second-order valence-electron chi connectivity index (χ2n) is 9.37. The molecule has 0 radical (unpaired) electrons. The molecule has 3 heteroatoms. The Hall–Kier alpha value is -1.87. The van der Waals surface area contributed by atoms with Gasteiger partial charge < -0.3 is 10.6 Å². The minimum atomic E-state index is 0.169. The van der Waals surface area contributed by atoms with Gasteiger partial charge in [0.2, 0.25) is 0 Å². The van der Waals surface area contributed by atoms with E-state index in [0.29, 0.717) is 5.11 Å². The van der Waals surface area contributed by atoms with Gasteiger partial charge in [-0.15, -0.1) is 0 Å². The molecule has 0 saturated carbocycles. The van der Waals surface area contributed by atoms with Crippen LogP contribution in [0.15, 0.2) is 48.5 Å². The molecule has 0 saturated heterocycles. The molecule has 2 nitrogen and oxygen atoms in total. The van der Waals surface area contributed by atoms with E-state index in [9.17, 15) is 0 Å². The van der Waals surface area contributed by atoms with E-state index >= 15 is 0 Å². The molecular weight excluding hydrogens is 348 g/mol. The van der Waals surface area contributed by atoms with Crippen LogP contribution in [0.4, 0.5) is 0 Å². The Bertz CT molecular complexity index is 747. The first kappa shape index (κ1) is 21.4. The zero-order valence-corrected chi connectivity index (χ0v) is 18.6. The molecule has 146 valence electrons. The normalized spacial score (nSPS) is 13.1. The maximum atomic E-state index is 5.48. The highest BCUT2D eigenvalue weighted by Gasteiger charge is 2.15. The average molecular weight is 383 g/mol. The SMILES string of the molecule is C[C@@H](NC(=S)NCc1ccc(C(C)(C)C)cc1)c1ccc(C(C)(C)C)cc1. The molecule has 1 atom stereocenters. The van der Waals surface area contributed by atoms with Crippen LogP contribution in [0.1, 0.15) is 76.8 Å². The molecule has 0 aliphatic heterocycles. The van der Waals surface area contributed by atoms with Gasteiger partial charge in [-0.1, -0.05) is 90.1 Å². The highest BCUT2D eigenvalue weighted by Crippen LogP contribution is 2.24. The van der Waals surface area contributed by atoms with Crippen LogP contribution in [0.3, 0.4) is 0 Å². The first-order valence-electron chi connectivity index (χ1n) is 9.71. The Morgan fingerprint density at radius 3 is 1.70 bits per heavy atom. The van der Waals surface area contributed by atoms with Crippen LogP contribution in [-0.2, 0) is 17.4 Å². The molecule has 2 aromatic rings. The first-order chi connectivity index (χ1) is 12.5. The Morgan fingerprint density at radius 2 is 1.26 bits per heavy atom. The highest BCUT2D eigenvalue weighted by molar-refractivity contribution is 7.80. The lowest BCUT2D eigenvalue weighted by Gasteiger charge is -2.22. The smallest absolute Gasteiger partial charge is 0.167 e. The molecule has 0 unspecified atom stereocenters. The summed E-state index contributed by atoms with van der Waals surface area (Å²) < 4.78 is 0. The largest absolute Gasteiger partial charge is 0.359 e. The van der Waals surface area contributed by atoms with Gasteiger partial charge in [-0.25, -0.2) is 0 Å². The predicted molar refractivity (Wildman–Crippen MR) is 121 cm³/mol. The third kappa shape index (κ3) is 6.35. The summed E-state index contributed by atoms with van der Waals surface area (Å²) in [5, 5.41) is 7.38. The third-order valence-corrected chi connectivity index (χ3v) is 5.16. The molecule has 0 aliphatic rings. The molecule has 0 spiro atoms. The van der Waals surface area contributed by atoms with Gasteiger partial charge in [0, 0.05) is 6.54 Å². The van der Waals surface area contributed by atoms with Crippen molar-refractivity contribution in [2.24, 2.45) is 0 Å². The number of thiocarbonyl (C=S) groups is 1. The fourth-order valence-electron chi connectivity index (χ4n) is 2.91. The lowest BCUT2D eigenvalue weighted by molar-refractivity contribution is 0.589. The average Bonchev–Trinajstić information content (AvgIpc) is 2.59. The van der Waals surface area contributed by atoms with E-state index < -0.39 is 0 Å². The summed E-state index contributed by atoms with van der Waals surface area (Å²) in [4.78, 5) is 0. The molecule has 2 N–H and O–H groups in total. The van der Waals surface area contributed by atoms with E-state index in [4.69, 9.17) is 12.2 Å². The molecule has 0 fully saturated rings. The minimum absolute atomic E-state index is 0.169. The summed E-state index contributed by atoms with van der Waals surface area (Å²) in [6, 6.07) is 17.7. The fourth-order valence-corrected chi connectivity index (χ4v) is 3.16. The summed E-state index contributed by atoms with van der Waals surface area (Å²) in [5.74, 6) is 0. The van der Waals surface area contributed by atoms with E-state index in [-0.39, 0.29) is 16.9 Å². The Morgan fingerprint density at radius 1 is 0.815 bits per heavy atom. The van der Waals surface area contributed by atoms with E-state index in [1.807, 2.05) is 0 Å². The Kier molecular flexibility index (Phi) is 6.69. The predicted octanol–water partition coefficient (Wildman–Crippen LogP) is 6.01. The lowest BCUT2D eigenvalue weighted by Crippen LogP contribution is -2.36. The Labute approximate surface area is 170 Å². The van der Waals surface area contributed by atoms with Crippen molar-refractivity contribution in [3.63, 3.8) is 0 Å². The molecule has 2 rings (SSSR count). The van der Waals surface area contributed by atoms with Crippen molar-refractivity contribution in [2.45, 2.75) is 71.9 Å². The molecule has 0 amide bonds. The van der Waals surface area contributed by atoms with Crippen molar-refractivity contribution < 1.29 is 0 Å². The van der Waals surface area contributed by atoms with Crippen LogP contribution in [0.5, 0.6) is 0 Å². The van der Waals surface area contributed by atoms with E-state index in [1.165, 1.54) is 22.3 Å². The van der Waals surface area contributed by atoms with Gasteiger partial charge in [0.15, 0.2) is 5.11 Å². The molecule has 0 aromatic heterocycles. The van der Waals surface area contributed by atoms with Gasteiger partial charge in [-0.3, -0.25) is 0 Å². The van der Waals surface area contributed by atoms with E-state index in [1.54, 1.807) is 0 Å². The van der Waals surface area contributed by atoms with Crippen LogP contribution in [0, 0.1) is 0 Å². The molecule has 0 bridgehead atoms. The van der Waals surface area contributed by atoms with Crippen molar-refractivity contribution in [2.75, 3.05) is 0 Å². The van der Waals surface area contributed by atoms with Crippen LogP contribution in [0.25, 0.3) is 0 Å². The summed E-state index contributed by atoms with van der Waals surface area (Å²) in [5.41, 5.74) is 5.52. The number of nitrogens with one attached hydrogen (secondary N) is 2. The second-order valence-corrected chi connectivity index (χ2v) is 9.78. The van der Waals surface area contributed by atoms with E-state index in [2.05, 4.69) is 108 Å². The van der Waals surface area contributed by atoms with Gasteiger partial charge in [-0.2, -0.15) is 0 Å². The van der Waals surface area contributed by atoms with Crippen molar-refractivity contribution in [1.82, 2.24) is 10.6 Å². The van der Waals surface area contributed by atoms with Gasteiger partial charge in [-0.05, 0) is 52.2 Å². The monoisotopic (exact) mass is 382 g/mol. The third-order valence-electron chi connectivity index (χ3n) is 4.90. The van der Waals surface area contributed by atoms with Crippen LogP contribution in [-0.4, -0.2) is 5.11 Å². The van der Waals surface area contributed by atoms with Crippen LogP contribution < -0.4 is 10.6 Å². The fraction of sp³-hybridized carbons (Fsp3) is 0.458. The van der Waals surface area contributed by atoms with Crippen molar-refractivity contribution in [1.29, 1.82) is 0 Å². The highest BCUT2D eigenvalue weighted by atomic mass is 32.1. The summed E-state index contributed by atoms with van der Waals surface area (Å²) in [7, 11) is 0. The molecule has 0 heterocycles. The lowest BCUT2D eigenvalue weighted by atomic mass is 9.86. The summed E-state index contributed by atoms with van der Waals surface area (Å²) >= 11 is 5.48. The maximum absolute atomic E-state index is 5.48. The molecule has 0 aliphatic carbocycles. The second kappa shape index (κ2) is 8.43. The quantitative estimate of drug-likeness (QED) is 0.634. The minimum Gasteiger partial charge on any atom is -0.359 e.